The van der Waals surface area contributed by atoms with Crippen LogP contribution in [0.2, 0.25) is 6.04 Å². The van der Waals surface area contributed by atoms with E-state index < -0.39 is 9.76 Å². The highest BCUT2D eigenvalue weighted by Crippen LogP contribution is 2.37. The molecule has 0 rings (SSSR count). The van der Waals surface area contributed by atoms with E-state index in [4.69, 9.17) is 15.9 Å². The number of rotatable bonds is 11. The van der Waals surface area contributed by atoms with Crippen LogP contribution in [0.3, 0.4) is 0 Å². The molecule has 0 fully saturated rings. The van der Waals surface area contributed by atoms with Crippen LogP contribution in [0.1, 0.15) is 52.4 Å². The molecule has 0 aliphatic rings. The minimum absolute atomic E-state index is 0.142. The van der Waals surface area contributed by atoms with E-state index in [-0.39, 0.29) is 11.5 Å². The first-order valence-electron chi connectivity index (χ1n) is 7.11. The molecule has 0 aliphatic carbocycles. The van der Waals surface area contributed by atoms with Crippen LogP contribution in [0.5, 0.6) is 0 Å². The SMILES string of the molecule is CCCCC(CCCC)(C[SiH2]OC)C(N)CN. The molecule has 0 bridgehead atoms. The Morgan fingerprint density at radius 2 is 1.71 bits per heavy atom. The second kappa shape index (κ2) is 10.1. The van der Waals surface area contributed by atoms with E-state index in [1.807, 2.05) is 7.11 Å². The Labute approximate surface area is 110 Å². The van der Waals surface area contributed by atoms with Crippen LogP contribution >= 0.6 is 0 Å². The summed E-state index contributed by atoms with van der Waals surface area (Å²) in [6, 6.07) is 1.32. The summed E-state index contributed by atoms with van der Waals surface area (Å²) in [5.74, 6) is 0. The fourth-order valence-corrected chi connectivity index (χ4v) is 4.03. The predicted molar refractivity (Wildman–Crippen MR) is 78.9 cm³/mol. The Bertz CT molecular complexity index is 157. The lowest BCUT2D eigenvalue weighted by atomic mass is 9.74. The first-order valence-corrected chi connectivity index (χ1v) is 8.69. The van der Waals surface area contributed by atoms with Crippen molar-refractivity contribution in [1.29, 1.82) is 0 Å². The van der Waals surface area contributed by atoms with E-state index in [0.29, 0.717) is 6.54 Å². The van der Waals surface area contributed by atoms with E-state index in [9.17, 15) is 0 Å². The summed E-state index contributed by atoms with van der Waals surface area (Å²) in [5.41, 5.74) is 12.4. The van der Waals surface area contributed by atoms with E-state index in [0.717, 1.165) is 0 Å². The maximum atomic E-state index is 6.32. The van der Waals surface area contributed by atoms with Gasteiger partial charge in [-0.05, 0) is 24.3 Å². The van der Waals surface area contributed by atoms with Crippen molar-refractivity contribution in [3.05, 3.63) is 0 Å². The number of hydrogen-bond acceptors (Lipinski definition) is 3. The molecule has 0 aromatic carbocycles. The minimum atomic E-state index is -0.426. The molecule has 1 unspecified atom stereocenters. The molecule has 0 aromatic rings. The molecular formula is C13H32N2OSi. The molecule has 3 nitrogen and oxygen atoms in total. The summed E-state index contributed by atoms with van der Waals surface area (Å²) in [6.45, 7) is 5.09. The summed E-state index contributed by atoms with van der Waals surface area (Å²) in [6.07, 6.45) is 7.43. The van der Waals surface area contributed by atoms with Crippen LogP contribution in [0.25, 0.3) is 0 Å². The molecular weight excluding hydrogens is 228 g/mol. The first kappa shape index (κ1) is 17.1. The highest BCUT2D eigenvalue weighted by Gasteiger charge is 2.34. The van der Waals surface area contributed by atoms with Crippen molar-refractivity contribution in [1.82, 2.24) is 0 Å². The van der Waals surface area contributed by atoms with Crippen LogP contribution in [0, 0.1) is 5.41 Å². The average Bonchev–Trinajstić information content (AvgIpc) is 2.37. The second-order valence-corrected chi connectivity index (χ2v) is 6.64. The molecule has 0 aromatic heterocycles. The Balaban J connectivity index is 4.63. The zero-order valence-electron chi connectivity index (χ0n) is 12.0. The first-order chi connectivity index (χ1) is 8.16. The van der Waals surface area contributed by atoms with E-state index in [1.54, 1.807) is 0 Å². The van der Waals surface area contributed by atoms with Crippen molar-refractivity contribution in [3.63, 3.8) is 0 Å². The lowest BCUT2D eigenvalue weighted by Gasteiger charge is -2.39. The molecule has 4 N–H and O–H groups in total. The summed E-state index contributed by atoms with van der Waals surface area (Å²) >= 11 is 0. The smallest absolute Gasteiger partial charge is 0.161 e. The third-order valence-corrected chi connectivity index (χ3v) is 5.51. The molecule has 0 amide bonds. The van der Waals surface area contributed by atoms with Gasteiger partial charge in [-0.3, -0.25) is 0 Å². The average molecular weight is 260 g/mol. The molecule has 4 heteroatoms. The van der Waals surface area contributed by atoms with Gasteiger partial charge < -0.3 is 15.9 Å². The zero-order chi connectivity index (χ0) is 13.1. The van der Waals surface area contributed by atoms with Crippen LogP contribution in [-0.2, 0) is 4.43 Å². The topological polar surface area (TPSA) is 61.3 Å². The van der Waals surface area contributed by atoms with Gasteiger partial charge in [-0.2, -0.15) is 0 Å². The maximum absolute atomic E-state index is 6.32. The van der Waals surface area contributed by atoms with Gasteiger partial charge in [0.25, 0.3) is 0 Å². The standard InChI is InChI=1S/C13H32N2OSi/c1-4-6-8-13(9-7-5-2,11-17-16-3)12(15)10-14/h12H,4-11,14-15,17H2,1-3H3. The molecule has 104 valence electrons. The third-order valence-electron chi connectivity index (χ3n) is 3.90. The second-order valence-electron chi connectivity index (χ2n) is 5.15. The van der Waals surface area contributed by atoms with Crippen molar-refractivity contribution < 1.29 is 4.43 Å². The van der Waals surface area contributed by atoms with Gasteiger partial charge in [-0.25, -0.2) is 0 Å². The Hall–Kier alpha value is 0.0969. The van der Waals surface area contributed by atoms with E-state index >= 15 is 0 Å². The van der Waals surface area contributed by atoms with Crippen molar-refractivity contribution in [2.75, 3.05) is 13.7 Å². The Morgan fingerprint density at radius 3 is 2.06 bits per heavy atom. The van der Waals surface area contributed by atoms with E-state index in [2.05, 4.69) is 13.8 Å². The Kier molecular flexibility index (Phi) is 10.1. The quantitative estimate of drug-likeness (QED) is 0.557. The molecule has 0 heterocycles. The Morgan fingerprint density at radius 1 is 1.18 bits per heavy atom. The lowest BCUT2D eigenvalue weighted by Crippen LogP contribution is -2.47. The number of nitrogens with two attached hydrogens (primary N) is 2. The highest BCUT2D eigenvalue weighted by atomic mass is 28.2. The fourth-order valence-electron chi connectivity index (χ4n) is 2.54. The predicted octanol–water partition coefficient (Wildman–Crippen LogP) is 1.79. The zero-order valence-corrected chi connectivity index (χ0v) is 13.4. The monoisotopic (exact) mass is 260 g/mol. The number of unbranched alkanes of at least 4 members (excludes halogenated alkanes) is 2. The summed E-state index contributed by atoms with van der Waals surface area (Å²) in [4.78, 5) is 0. The summed E-state index contributed by atoms with van der Waals surface area (Å²) in [7, 11) is 1.40. The van der Waals surface area contributed by atoms with Crippen molar-refractivity contribution in [3.8, 4) is 0 Å². The van der Waals surface area contributed by atoms with Crippen LogP contribution < -0.4 is 11.5 Å². The van der Waals surface area contributed by atoms with E-state index in [1.165, 1.54) is 44.6 Å². The van der Waals surface area contributed by atoms with Gasteiger partial charge in [0.2, 0.25) is 0 Å². The van der Waals surface area contributed by atoms with Crippen molar-refractivity contribution >= 4 is 9.76 Å². The van der Waals surface area contributed by atoms with Crippen LogP contribution in [0.4, 0.5) is 0 Å². The molecule has 0 aliphatic heterocycles. The van der Waals surface area contributed by atoms with Gasteiger partial charge in [0.1, 0.15) is 0 Å². The van der Waals surface area contributed by atoms with Gasteiger partial charge in [0.05, 0.1) is 0 Å². The highest BCUT2D eigenvalue weighted by molar-refractivity contribution is 6.27. The summed E-state index contributed by atoms with van der Waals surface area (Å²) < 4.78 is 5.39. The third kappa shape index (κ3) is 6.00. The minimum Gasteiger partial charge on any atom is -0.427 e. The maximum Gasteiger partial charge on any atom is 0.161 e. The largest absolute Gasteiger partial charge is 0.427 e. The van der Waals surface area contributed by atoms with Crippen molar-refractivity contribution in [2.24, 2.45) is 16.9 Å². The fraction of sp³-hybridized carbons (Fsp3) is 1.00. The van der Waals surface area contributed by atoms with Gasteiger partial charge >= 0.3 is 0 Å². The lowest BCUT2D eigenvalue weighted by molar-refractivity contribution is 0.198. The molecule has 0 radical (unpaired) electrons. The summed E-state index contributed by atoms with van der Waals surface area (Å²) in [5, 5.41) is 0. The molecule has 1 atom stereocenters. The molecule has 17 heavy (non-hydrogen) atoms. The molecule has 0 saturated heterocycles. The van der Waals surface area contributed by atoms with Gasteiger partial charge in [0.15, 0.2) is 9.76 Å². The van der Waals surface area contributed by atoms with Gasteiger partial charge in [-0.1, -0.05) is 39.5 Å². The van der Waals surface area contributed by atoms with Crippen molar-refractivity contribution in [2.45, 2.75) is 64.5 Å². The number of hydrogen-bond donors (Lipinski definition) is 2. The molecule has 0 spiro atoms. The van der Waals surface area contributed by atoms with Crippen LogP contribution in [-0.4, -0.2) is 29.5 Å². The molecule has 0 saturated carbocycles. The van der Waals surface area contributed by atoms with Crippen LogP contribution in [0.15, 0.2) is 0 Å². The normalized spacial score (nSPS) is 14.6. The van der Waals surface area contributed by atoms with Gasteiger partial charge in [0, 0.05) is 19.7 Å². The van der Waals surface area contributed by atoms with Gasteiger partial charge in [-0.15, -0.1) is 0 Å².